The summed E-state index contributed by atoms with van der Waals surface area (Å²) in [5.41, 5.74) is 2.99. The summed E-state index contributed by atoms with van der Waals surface area (Å²) >= 11 is 1.55. The zero-order chi connectivity index (χ0) is 16.8. The molecule has 3 aromatic heterocycles. The van der Waals surface area contributed by atoms with Crippen molar-refractivity contribution in [2.45, 2.75) is 19.8 Å². The minimum absolute atomic E-state index is 0.00788. The predicted octanol–water partition coefficient (Wildman–Crippen LogP) is 3.95. The average molecular weight is 334 g/mol. The summed E-state index contributed by atoms with van der Waals surface area (Å²) < 4.78 is 5.78. The fourth-order valence-electron chi connectivity index (χ4n) is 3.26. The molecule has 0 bridgehead atoms. The number of thiophene rings is 1. The van der Waals surface area contributed by atoms with Crippen molar-refractivity contribution in [1.29, 1.82) is 10.7 Å². The number of ether oxygens (including phenoxy) is 1. The van der Waals surface area contributed by atoms with Crippen molar-refractivity contribution in [3.63, 3.8) is 0 Å². The van der Waals surface area contributed by atoms with E-state index >= 15 is 0 Å². The third-order valence-corrected chi connectivity index (χ3v) is 5.43. The first kappa shape index (κ1) is 14.8. The van der Waals surface area contributed by atoms with Crippen LogP contribution in [0.2, 0.25) is 0 Å². The Kier molecular flexibility index (Phi) is 3.32. The SMILES string of the molecule is Cc1cc(C)c2c3c(sc2n1)C(c1ccncc1)C(C#N)C(=N)O3. The maximum Gasteiger partial charge on any atom is 0.205 e. The summed E-state index contributed by atoms with van der Waals surface area (Å²) in [6, 6.07) is 8.04. The molecule has 5 nitrogen and oxygen atoms in total. The Morgan fingerprint density at radius 3 is 2.75 bits per heavy atom. The van der Waals surface area contributed by atoms with Gasteiger partial charge in [0.05, 0.1) is 16.3 Å². The number of pyridine rings is 2. The molecule has 0 aliphatic carbocycles. The number of nitrogens with zero attached hydrogens (tertiary/aromatic N) is 3. The van der Waals surface area contributed by atoms with Gasteiger partial charge in [-0.15, -0.1) is 11.3 Å². The van der Waals surface area contributed by atoms with Crippen LogP contribution in [-0.4, -0.2) is 15.9 Å². The largest absolute Gasteiger partial charge is 0.440 e. The Bertz CT molecular complexity index is 1000. The standard InChI is InChI=1S/C18H14N4OS/c1-9-7-10(2)22-18-13(9)15-16(24-18)14(11-3-5-21-6-4-11)12(8-19)17(20)23-15/h3-7,12,14,20H,1-2H3. The zero-order valence-corrected chi connectivity index (χ0v) is 14.0. The van der Waals surface area contributed by atoms with Crippen LogP contribution >= 0.6 is 11.3 Å². The summed E-state index contributed by atoms with van der Waals surface area (Å²) in [7, 11) is 0. The zero-order valence-electron chi connectivity index (χ0n) is 13.2. The average Bonchev–Trinajstić information content (AvgIpc) is 2.92. The summed E-state index contributed by atoms with van der Waals surface area (Å²) in [4.78, 5) is 10.5. The van der Waals surface area contributed by atoms with Gasteiger partial charge in [-0.3, -0.25) is 10.4 Å². The minimum atomic E-state index is -0.644. The molecule has 2 atom stereocenters. The van der Waals surface area contributed by atoms with Crippen molar-refractivity contribution in [2.75, 3.05) is 0 Å². The number of nitriles is 1. The molecule has 3 aromatic rings. The monoisotopic (exact) mass is 334 g/mol. The van der Waals surface area contributed by atoms with E-state index in [0.717, 1.165) is 31.9 Å². The first-order chi connectivity index (χ1) is 11.6. The second-order valence-corrected chi connectivity index (χ2v) is 6.92. The number of nitrogens with one attached hydrogen (secondary N) is 1. The molecule has 1 N–H and O–H groups in total. The highest BCUT2D eigenvalue weighted by molar-refractivity contribution is 7.19. The lowest BCUT2D eigenvalue weighted by molar-refractivity contribution is 0.461. The van der Waals surface area contributed by atoms with Crippen LogP contribution in [0.15, 0.2) is 30.6 Å². The van der Waals surface area contributed by atoms with E-state index in [9.17, 15) is 5.26 Å². The van der Waals surface area contributed by atoms with E-state index in [1.54, 1.807) is 23.7 Å². The van der Waals surface area contributed by atoms with Gasteiger partial charge < -0.3 is 4.74 Å². The summed E-state index contributed by atoms with van der Waals surface area (Å²) in [6.07, 6.45) is 3.42. The molecule has 4 rings (SSSR count). The molecule has 0 aromatic carbocycles. The highest BCUT2D eigenvalue weighted by atomic mass is 32.1. The van der Waals surface area contributed by atoms with Crippen LogP contribution in [0.1, 0.15) is 27.6 Å². The molecule has 0 spiro atoms. The van der Waals surface area contributed by atoms with Crippen molar-refractivity contribution in [1.82, 2.24) is 9.97 Å². The molecule has 2 unspecified atom stereocenters. The fraction of sp³-hybridized carbons (Fsp3) is 0.222. The Labute approximate surface area is 143 Å². The molecule has 118 valence electrons. The molecule has 0 saturated heterocycles. The second kappa shape index (κ2) is 5.39. The van der Waals surface area contributed by atoms with Crippen LogP contribution in [0.4, 0.5) is 0 Å². The molecule has 0 saturated carbocycles. The predicted molar refractivity (Wildman–Crippen MR) is 92.6 cm³/mol. The highest BCUT2D eigenvalue weighted by Gasteiger charge is 2.39. The molecule has 4 heterocycles. The number of aromatic nitrogens is 2. The third kappa shape index (κ3) is 2.09. The highest BCUT2D eigenvalue weighted by Crippen LogP contribution is 2.50. The van der Waals surface area contributed by atoms with Crippen molar-refractivity contribution < 1.29 is 4.74 Å². The van der Waals surface area contributed by atoms with Gasteiger partial charge in [-0.05, 0) is 43.2 Å². The maximum atomic E-state index is 9.59. The number of hydrogen-bond acceptors (Lipinski definition) is 6. The van der Waals surface area contributed by atoms with Crippen LogP contribution in [0.3, 0.4) is 0 Å². The van der Waals surface area contributed by atoms with Gasteiger partial charge in [-0.2, -0.15) is 5.26 Å². The van der Waals surface area contributed by atoms with Crippen LogP contribution < -0.4 is 4.74 Å². The van der Waals surface area contributed by atoms with Crippen molar-refractivity contribution in [2.24, 2.45) is 5.92 Å². The first-order valence-corrected chi connectivity index (χ1v) is 8.38. The van der Waals surface area contributed by atoms with Gasteiger partial charge in [0.25, 0.3) is 0 Å². The van der Waals surface area contributed by atoms with E-state index in [-0.39, 0.29) is 11.8 Å². The van der Waals surface area contributed by atoms with Crippen LogP contribution in [0.5, 0.6) is 5.75 Å². The lowest BCUT2D eigenvalue weighted by atomic mass is 9.83. The lowest BCUT2D eigenvalue weighted by Gasteiger charge is -2.27. The van der Waals surface area contributed by atoms with E-state index < -0.39 is 5.92 Å². The molecule has 1 aliphatic heterocycles. The Morgan fingerprint density at radius 1 is 1.29 bits per heavy atom. The van der Waals surface area contributed by atoms with Crippen LogP contribution in [0, 0.1) is 36.5 Å². The van der Waals surface area contributed by atoms with Gasteiger partial charge in [0, 0.05) is 24.0 Å². The van der Waals surface area contributed by atoms with Crippen molar-refractivity contribution in [3.05, 3.63) is 52.3 Å². The topological polar surface area (TPSA) is 82.7 Å². The Morgan fingerprint density at radius 2 is 2.04 bits per heavy atom. The quantitative estimate of drug-likeness (QED) is 0.730. The maximum absolute atomic E-state index is 9.59. The molecule has 0 radical (unpaired) electrons. The van der Waals surface area contributed by atoms with Gasteiger partial charge in [-0.25, -0.2) is 4.98 Å². The Hall–Kier alpha value is -2.78. The van der Waals surface area contributed by atoms with Crippen molar-refractivity contribution in [3.8, 4) is 11.8 Å². The number of aryl methyl sites for hydroxylation is 2. The second-order valence-electron chi connectivity index (χ2n) is 5.89. The van der Waals surface area contributed by atoms with Gasteiger partial charge in [0.1, 0.15) is 10.7 Å². The Balaban J connectivity index is 2.03. The third-order valence-electron chi connectivity index (χ3n) is 4.28. The van der Waals surface area contributed by atoms with Crippen molar-refractivity contribution >= 4 is 27.5 Å². The van der Waals surface area contributed by atoms with E-state index in [2.05, 4.69) is 16.0 Å². The number of fused-ring (bicyclic) bond motifs is 3. The summed E-state index contributed by atoms with van der Waals surface area (Å²) in [5.74, 6) is -0.202. The molecule has 1 aliphatic rings. The first-order valence-electron chi connectivity index (χ1n) is 7.56. The molecule has 0 fully saturated rings. The molecule has 24 heavy (non-hydrogen) atoms. The van der Waals surface area contributed by atoms with Gasteiger partial charge in [-0.1, -0.05) is 0 Å². The van der Waals surface area contributed by atoms with Gasteiger partial charge in [0.15, 0.2) is 5.75 Å². The lowest BCUT2D eigenvalue weighted by Crippen LogP contribution is -2.30. The van der Waals surface area contributed by atoms with E-state index in [1.165, 1.54) is 0 Å². The molecule has 6 heteroatoms. The van der Waals surface area contributed by atoms with Gasteiger partial charge in [0.2, 0.25) is 5.90 Å². The van der Waals surface area contributed by atoms with Gasteiger partial charge >= 0.3 is 0 Å². The van der Waals surface area contributed by atoms with Crippen LogP contribution in [0.25, 0.3) is 10.2 Å². The number of hydrogen-bond donors (Lipinski definition) is 1. The van der Waals surface area contributed by atoms with E-state index in [4.69, 9.17) is 10.1 Å². The minimum Gasteiger partial charge on any atom is -0.440 e. The van der Waals surface area contributed by atoms with E-state index in [0.29, 0.717) is 5.75 Å². The molecular weight excluding hydrogens is 320 g/mol. The van der Waals surface area contributed by atoms with E-state index in [1.807, 2.05) is 32.0 Å². The van der Waals surface area contributed by atoms with Crippen LogP contribution in [-0.2, 0) is 0 Å². The smallest absolute Gasteiger partial charge is 0.205 e. The molecular formula is C18H14N4OS. The normalized spacial score (nSPS) is 19.6. The summed E-state index contributed by atoms with van der Waals surface area (Å²) in [5, 5.41) is 18.7. The fourth-order valence-corrected chi connectivity index (χ4v) is 4.65. The molecule has 0 amide bonds. The number of rotatable bonds is 1. The summed E-state index contributed by atoms with van der Waals surface area (Å²) in [6.45, 7) is 3.99.